The van der Waals surface area contributed by atoms with Gasteiger partial charge in [-0.05, 0) is 62.1 Å². The number of nitrogens with one attached hydrogen (secondary N) is 1. The normalized spacial score (nSPS) is 18.4. The lowest BCUT2D eigenvalue weighted by Crippen LogP contribution is -2.36. The van der Waals surface area contributed by atoms with Gasteiger partial charge in [0.2, 0.25) is 0 Å². The summed E-state index contributed by atoms with van der Waals surface area (Å²) in [4.78, 5) is 14.6. The summed E-state index contributed by atoms with van der Waals surface area (Å²) in [5.41, 5.74) is 6.96. The number of nitrogens with two attached hydrogens (primary N) is 1. The summed E-state index contributed by atoms with van der Waals surface area (Å²) in [6.07, 6.45) is 5.16. The molecule has 128 valence electrons. The second-order valence-electron chi connectivity index (χ2n) is 6.49. The number of likely N-dealkylation sites (tertiary alicyclic amines) is 1. The summed E-state index contributed by atoms with van der Waals surface area (Å²) in [6, 6.07) is 11.0. The monoisotopic (exact) mass is 327 g/mol. The molecule has 5 heteroatoms. The molecular formula is C19H25N3O2. The highest BCUT2D eigenvalue weighted by atomic mass is 16.3. The lowest BCUT2D eigenvalue weighted by Gasteiger charge is -2.32. The molecule has 5 nitrogen and oxygen atoms in total. The van der Waals surface area contributed by atoms with Crippen LogP contribution in [-0.2, 0) is 6.54 Å². The first-order valence-corrected chi connectivity index (χ1v) is 8.59. The number of amides is 1. The maximum atomic E-state index is 12.1. The molecular weight excluding hydrogens is 302 g/mol. The quantitative estimate of drug-likeness (QED) is 0.800. The van der Waals surface area contributed by atoms with E-state index in [4.69, 9.17) is 10.2 Å². The third-order valence-electron chi connectivity index (χ3n) is 4.55. The van der Waals surface area contributed by atoms with Gasteiger partial charge in [-0.15, -0.1) is 0 Å². The van der Waals surface area contributed by atoms with Gasteiger partial charge >= 0.3 is 0 Å². The average Bonchev–Trinajstić information content (AvgIpc) is 3.08. The van der Waals surface area contributed by atoms with E-state index in [1.807, 2.05) is 12.1 Å². The van der Waals surface area contributed by atoms with Crippen molar-refractivity contribution >= 4 is 11.6 Å². The van der Waals surface area contributed by atoms with Crippen molar-refractivity contribution in [1.82, 2.24) is 10.2 Å². The molecule has 1 aliphatic rings. The first-order valence-electron chi connectivity index (χ1n) is 8.59. The molecule has 1 fully saturated rings. The minimum absolute atomic E-state index is 0.0504. The summed E-state index contributed by atoms with van der Waals surface area (Å²) in [7, 11) is 0. The highest BCUT2D eigenvalue weighted by molar-refractivity contribution is 5.94. The van der Waals surface area contributed by atoms with Crippen molar-refractivity contribution in [2.24, 2.45) is 5.92 Å². The summed E-state index contributed by atoms with van der Waals surface area (Å²) in [5.74, 6) is 1.59. The van der Waals surface area contributed by atoms with Gasteiger partial charge in [0.05, 0.1) is 12.8 Å². The van der Waals surface area contributed by atoms with Crippen molar-refractivity contribution in [3.8, 4) is 0 Å². The molecule has 1 amide bonds. The zero-order chi connectivity index (χ0) is 16.8. The van der Waals surface area contributed by atoms with E-state index in [1.165, 1.54) is 12.8 Å². The van der Waals surface area contributed by atoms with Gasteiger partial charge in [0.1, 0.15) is 5.76 Å². The molecule has 0 bridgehead atoms. The Balaban J connectivity index is 1.42. The Morgan fingerprint density at radius 3 is 3.04 bits per heavy atom. The number of nitrogens with zero attached hydrogens (tertiary/aromatic N) is 1. The van der Waals surface area contributed by atoms with Crippen LogP contribution in [0, 0.1) is 5.92 Å². The number of nitrogen functional groups attached to an aromatic ring is 1. The van der Waals surface area contributed by atoms with E-state index in [-0.39, 0.29) is 5.91 Å². The number of rotatable bonds is 6. The van der Waals surface area contributed by atoms with Gasteiger partial charge in [-0.25, -0.2) is 0 Å². The fourth-order valence-corrected chi connectivity index (χ4v) is 3.33. The van der Waals surface area contributed by atoms with E-state index in [9.17, 15) is 4.79 Å². The fraction of sp³-hybridized carbons (Fsp3) is 0.421. The van der Waals surface area contributed by atoms with Crippen molar-refractivity contribution in [2.75, 3.05) is 25.4 Å². The molecule has 24 heavy (non-hydrogen) atoms. The zero-order valence-electron chi connectivity index (χ0n) is 13.9. The highest BCUT2D eigenvalue weighted by Crippen LogP contribution is 2.21. The smallest absolute Gasteiger partial charge is 0.251 e. The average molecular weight is 327 g/mol. The van der Waals surface area contributed by atoms with Crippen LogP contribution in [0.15, 0.2) is 47.1 Å². The van der Waals surface area contributed by atoms with Gasteiger partial charge in [-0.2, -0.15) is 0 Å². The second-order valence-corrected chi connectivity index (χ2v) is 6.49. The number of benzene rings is 1. The molecule has 1 saturated heterocycles. The molecule has 0 radical (unpaired) electrons. The molecule has 1 aliphatic heterocycles. The zero-order valence-corrected chi connectivity index (χ0v) is 13.9. The van der Waals surface area contributed by atoms with Gasteiger partial charge in [-0.1, -0.05) is 6.07 Å². The number of anilines is 1. The van der Waals surface area contributed by atoms with Crippen molar-refractivity contribution in [3.63, 3.8) is 0 Å². The predicted octanol–water partition coefficient (Wildman–Crippen LogP) is 2.89. The van der Waals surface area contributed by atoms with Crippen LogP contribution in [0.5, 0.6) is 0 Å². The van der Waals surface area contributed by atoms with Crippen molar-refractivity contribution in [2.45, 2.75) is 25.8 Å². The Bertz CT molecular complexity index is 654. The first kappa shape index (κ1) is 16.6. The van der Waals surface area contributed by atoms with Crippen LogP contribution < -0.4 is 11.1 Å². The Morgan fingerprint density at radius 2 is 2.25 bits per heavy atom. The lowest BCUT2D eigenvalue weighted by atomic mass is 9.94. The summed E-state index contributed by atoms with van der Waals surface area (Å²) in [6.45, 7) is 3.76. The van der Waals surface area contributed by atoms with E-state index in [2.05, 4.69) is 10.2 Å². The molecule has 1 atom stereocenters. The molecule has 2 aromatic rings. The van der Waals surface area contributed by atoms with Crippen LogP contribution in [0.3, 0.4) is 0 Å². The van der Waals surface area contributed by atoms with Crippen LogP contribution in [0.4, 0.5) is 5.69 Å². The predicted molar refractivity (Wildman–Crippen MR) is 94.5 cm³/mol. The Morgan fingerprint density at radius 1 is 1.33 bits per heavy atom. The fourth-order valence-electron chi connectivity index (χ4n) is 3.33. The van der Waals surface area contributed by atoms with Crippen LogP contribution >= 0.6 is 0 Å². The summed E-state index contributed by atoms with van der Waals surface area (Å²) < 4.78 is 5.43. The maximum Gasteiger partial charge on any atom is 0.251 e. The Kier molecular flexibility index (Phi) is 5.54. The Labute approximate surface area is 142 Å². The number of carbonyl (C=O) groups is 1. The third kappa shape index (κ3) is 4.61. The molecule has 0 spiro atoms. The number of carbonyl (C=O) groups excluding carboxylic acids is 1. The number of piperidine rings is 1. The molecule has 2 heterocycles. The summed E-state index contributed by atoms with van der Waals surface area (Å²) >= 11 is 0. The van der Waals surface area contributed by atoms with E-state index in [0.29, 0.717) is 23.7 Å². The molecule has 3 N–H and O–H groups in total. The molecule has 3 rings (SSSR count). The Hall–Kier alpha value is -2.27. The van der Waals surface area contributed by atoms with Crippen LogP contribution in [0.25, 0.3) is 0 Å². The van der Waals surface area contributed by atoms with Crippen molar-refractivity contribution in [3.05, 3.63) is 54.0 Å². The highest BCUT2D eigenvalue weighted by Gasteiger charge is 2.20. The maximum absolute atomic E-state index is 12.1. The minimum Gasteiger partial charge on any atom is -0.468 e. The molecule has 1 aromatic heterocycles. The lowest BCUT2D eigenvalue weighted by molar-refractivity contribution is 0.0945. The minimum atomic E-state index is -0.0504. The van der Waals surface area contributed by atoms with E-state index in [0.717, 1.165) is 31.8 Å². The van der Waals surface area contributed by atoms with Crippen LogP contribution in [-0.4, -0.2) is 30.4 Å². The second kappa shape index (κ2) is 8.02. The van der Waals surface area contributed by atoms with Gasteiger partial charge < -0.3 is 15.5 Å². The van der Waals surface area contributed by atoms with Gasteiger partial charge in [-0.3, -0.25) is 9.69 Å². The molecule has 1 unspecified atom stereocenters. The largest absolute Gasteiger partial charge is 0.468 e. The molecule has 1 aromatic carbocycles. The third-order valence-corrected chi connectivity index (χ3v) is 4.55. The molecule has 0 aliphatic carbocycles. The molecule has 0 saturated carbocycles. The SMILES string of the molecule is Nc1cccc(C(=O)NCCC2CCCN(Cc3ccco3)C2)c1. The van der Waals surface area contributed by atoms with Crippen molar-refractivity contribution < 1.29 is 9.21 Å². The van der Waals surface area contributed by atoms with Crippen LogP contribution in [0.2, 0.25) is 0 Å². The number of hydrogen-bond acceptors (Lipinski definition) is 4. The van der Waals surface area contributed by atoms with Gasteiger partial charge in [0.25, 0.3) is 5.91 Å². The first-order chi connectivity index (χ1) is 11.7. The standard InChI is InChI=1S/C19H25N3O2/c20-17-6-1-5-16(12-17)19(23)21-9-8-15-4-2-10-22(13-15)14-18-7-3-11-24-18/h1,3,5-7,11-12,15H,2,4,8-10,13-14,20H2,(H,21,23). The van der Waals surface area contributed by atoms with E-state index < -0.39 is 0 Å². The van der Waals surface area contributed by atoms with Crippen molar-refractivity contribution in [1.29, 1.82) is 0 Å². The topological polar surface area (TPSA) is 71.5 Å². The number of furan rings is 1. The van der Waals surface area contributed by atoms with Gasteiger partial charge in [0, 0.05) is 24.3 Å². The van der Waals surface area contributed by atoms with E-state index in [1.54, 1.807) is 30.5 Å². The van der Waals surface area contributed by atoms with Gasteiger partial charge in [0.15, 0.2) is 0 Å². The van der Waals surface area contributed by atoms with Crippen LogP contribution in [0.1, 0.15) is 35.4 Å². The number of hydrogen-bond donors (Lipinski definition) is 2. The van der Waals surface area contributed by atoms with E-state index >= 15 is 0 Å². The summed E-state index contributed by atoms with van der Waals surface area (Å²) in [5, 5.41) is 3.00.